The van der Waals surface area contributed by atoms with Gasteiger partial charge in [-0.15, -0.1) is 16.0 Å². The predicted octanol–water partition coefficient (Wildman–Crippen LogP) is 0.912. The van der Waals surface area contributed by atoms with E-state index in [9.17, 15) is 14.8 Å². The number of fused-ring (bicyclic) bond motifs is 1. The Hall–Kier alpha value is -2.55. The molecule has 3 rings (SSSR count). The van der Waals surface area contributed by atoms with Gasteiger partial charge in [0.05, 0.1) is 11.6 Å². The van der Waals surface area contributed by atoms with Gasteiger partial charge in [-0.1, -0.05) is 13.3 Å². The third kappa shape index (κ3) is 2.60. The Labute approximate surface area is 141 Å². The second kappa shape index (κ2) is 6.16. The molecule has 0 aromatic carbocycles. The van der Waals surface area contributed by atoms with Crippen LogP contribution in [0.15, 0.2) is 21.7 Å². The zero-order valence-corrected chi connectivity index (χ0v) is 14.5. The van der Waals surface area contributed by atoms with E-state index >= 15 is 0 Å². The van der Waals surface area contributed by atoms with Crippen molar-refractivity contribution in [2.24, 2.45) is 7.05 Å². The first-order valence-corrected chi connectivity index (χ1v) is 8.44. The van der Waals surface area contributed by atoms with E-state index in [4.69, 9.17) is 0 Å². The third-order valence-electron chi connectivity index (χ3n) is 3.75. The van der Waals surface area contributed by atoms with E-state index in [-0.39, 0.29) is 17.3 Å². The zero-order valence-electron chi connectivity index (χ0n) is 13.6. The molecule has 1 aromatic heterocycles. The summed E-state index contributed by atoms with van der Waals surface area (Å²) in [5.41, 5.74) is -1.52. The summed E-state index contributed by atoms with van der Waals surface area (Å²) < 4.78 is 2.81. The molecule has 0 atom stereocenters. The summed E-state index contributed by atoms with van der Waals surface area (Å²) in [5, 5.41) is 17.1. The van der Waals surface area contributed by atoms with Crippen molar-refractivity contribution in [1.82, 2.24) is 19.3 Å². The first-order valence-electron chi connectivity index (χ1n) is 7.62. The highest BCUT2D eigenvalue weighted by molar-refractivity contribution is 7.15. The minimum Gasteiger partial charge on any atom is -0.710 e. The third-order valence-corrected chi connectivity index (χ3v) is 4.74. The predicted molar refractivity (Wildman–Crippen MR) is 90.1 cm³/mol. The largest absolute Gasteiger partial charge is 0.710 e. The molecule has 9 heteroatoms. The van der Waals surface area contributed by atoms with Crippen molar-refractivity contribution >= 4 is 11.3 Å². The van der Waals surface area contributed by atoms with Crippen LogP contribution in [0.3, 0.4) is 0 Å². The lowest BCUT2D eigenvalue weighted by Gasteiger charge is -2.15. The summed E-state index contributed by atoms with van der Waals surface area (Å²) in [6.45, 7) is 4.43. The van der Waals surface area contributed by atoms with Crippen molar-refractivity contribution in [2.45, 2.75) is 33.2 Å². The van der Waals surface area contributed by atoms with E-state index in [1.807, 2.05) is 19.9 Å². The highest BCUT2D eigenvalue weighted by Crippen LogP contribution is 2.25. The molecule has 0 unspecified atom stereocenters. The van der Waals surface area contributed by atoms with E-state index in [0.717, 1.165) is 22.3 Å². The second-order valence-electron chi connectivity index (χ2n) is 5.54. The van der Waals surface area contributed by atoms with Gasteiger partial charge in [0.1, 0.15) is 4.88 Å². The van der Waals surface area contributed by atoms with Gasteiger partial charge in [0, 0.05) is 11.9 Å². The van der Waals surface area contributed by atoms with Crippen LogP contribution < -0.4 is 16.0 Å². The molecule has 0 spiro atoms. The number of rotatable bonds is 4. The molecule has 8 nitrogen and oxygen atoms in total. The standard InChI is InChI=1S/C15H17N5O3S/c1-4-5-8-19-13-11(14(21)18(3)15(22)16-13)20(23)12(17-19)10-7-6-9(2)24-10/h6-7H,4-5,8H2,1-3H3. The van der Waals surface area contributed by atoms with E-state index in [2.05, 4.69) is 10.1 Å². The average Bonchev–Trinajstić information content (AvgIpc) is 2.98. The van der Waals surface area contributed by atoms with Gasteiger partial charge in [-0.25, -0.2) is 9.52 Å². The lowest BCUT2D eigenvalue weighted by atomic mass is 10.3. The Morgan fingerprint density at radius 3 is 2.71 bits per heavy atom. The molecule has 2 aliphatic heterocycles. The van der Waals surface area contributed by atoms with Gasteiger partial charge in [0.2, 0.25) is 11.5 Å². The Balaban J connectivity index is 2.38. The summed E-state index contributed by atoms with van der Waals surface area (Å²) >= 11 is 1.42. The summed E-state index contributed by atoms with van der Waals surface area (Å²) in [7, 11) is 1.31. The Bertz CT molecular complexity index is 988. The van der Waals surface area contributed by atoms with Gasteiger partial charge in [-0.05, 0) is 25.5 Å². The number of thiophene rings is 1. The maximum Gasteiger partial charge on any atom is 0.369 e. The first kappa shape index (κ1) is 16.3. The van der Waals surface area contributed by atoms with Crippen molar-refractivity contribution in [3.63, 3.8) is 0 Å². The summed E-state index contributed by atoms with van der Waals surface area (Å²) in [6, 6.07) is 3.69. The molecular formula is C15H17N5O3S. The molecule has 3 heterocycles. The van der Waals surface area contributed by atoms with Crippen LogP contribution in [-0.4, -0.2) is 19.3 Å². The molecule has 0 N–H and O–H groups in total. The lowest BCUT2D eigenvalue weighted by molar-refractivity contribution is -0.587. The van der Waals surface area contributed by atoms with E-state index in [0.29, 0.717) is 16.2 Å². The van der Waals surface area contributed by atoms with Gasteiger partial charge in [0.25, 0.3) is 0 Å². The SMILES string of the molecule is CCCCn1nc(-c2ccc(C)s2)[n+]([O-])c2c(=O)n(C)c(=O)nc1-2. The zero-order chi connectivity index (χ0) is 17.4. The normalized spacial score (nSPS) is 11.3. The number of unbranched alkanes of at least 4 members (excludes halogenated alkanes) is 1. The fraction of sp³-hybridized carbons (Fsp3) is 0.400. The molecule has 0 saturated carbocycles. The van der Waals surface area contributed by atoms with Crippen molar-refractivity contribution in [2.75, 3.05) is 0 Å². The number of hydrogen-bond donors (Lipinski definition) is 0. The Morgan fingerprint density at radius 2 is 2.08 bits per heavy atom. The van der Waals surface area contributed by atoms with Crippen LogP contribution in [0.25, 0.3) is 22.2 Å². The smallest absolute Gasteiger partial charge is 0.369 e. The van der Waals surface area contributed by atoms with Crippen LogP contribution in [0.5, 0.6) is 0 Å². The summed E-state index contributed by atoms with van der Waals surface area (Å²) in [6.07, 6.45) is 1.70. The highest BCUT2D eigenvalue weighted by Gasteiger charge is 2.29. The van der Waals surface area contributed by atoms with Crippen LogP contribution in [-0.2, 0) is 13.6 Å². The fourth-order valence-corrected chi connectivity index (χ4v) is 3.23. The van der Waals surface area contributed by atoms with E-state index in [1.165, 1.54) is 23.1 Å². The molecule has 0 fully saturated rings. The molecule has 2 aliphatic rings. The molecule has 0 bridgehead atoms. The van der Waals surface area contributed by atoms with Crippen molar-refractivity contribution in [3.8, 4) is 22.2 Å². The van der Waals surface area contributed by atoms with E-state index < -0.39 is 11.2 Å². The number of hydrogen-bond acceptors (Lipinski definition) is 6. The average molecular weight is 347 g/mol. The monoisotopic (exact) mass is 347 g/mol. The molecular weight excluding hydrogens is 330 g/mol. The van der Waals surface area contributed by atoms with Gasteiger partial charge in [-0.3, -0.25) is 9.36 Å². The summed E-state index contributed by atoms with van der Waals surface area (Å²) in [4.78, 5) is 29.9. The summed E-state index contributed by atoms with van der Waals surface area (Å²) in [5.74, 6) is 0.179. The Kier molecular flexibility index (Phi) is 4.18. The molecule has 0 amide bonds. The van der Waals surface area contributed by atoms with Gasteiger partial charge >= 0.3 is 17.1 Å². The Morgan fingerprint density at radius 1 is 1.33 bits per heavy atom. The van der Waals surface area contributed by atoms with Gasteiger partial charge in [0.15, 0.2) is 0 Å². The minimum atomic E-state index is -0.695. The van der Waals surface area contributed by atoms with Crippen molar-refractivity contribution < 1.29 is 4.73 Å². The molecule has 0 aliphatic carbocycles. The van der Waals surface area contributed by atoms with Gasteiger partial charge in [-0.2, -0.15) is 4.98 Å². The molecule has 126 valence electrons. The molecule has 1 aromatic rings. The van der Waals surface area contributed by atoms with Crippen molar-refractivity contribution in [1.29, 1.82) is 0 Å². The maximum atomic E-state index is 12.7. The molecule has 24 heavy (non-hydrogen) atoms. The minimum absolute atomic E-state index is 0.0311. The first-order chi connectivity index (χ1) is 11.4. The lowest BCUT2D eigenvalue weighted by Crippen LogP contribution is -2.47. The van der Waals surface area contributed by atoms with Crippen LogP contribution in [0.4, 0.5) is 0 Å². The fourth-order valence-electron chi connectivity index (χ4n) is 2.39. The molecule has 0 radical (unpaired) electrons. The van der Waals surface area contributed by atoms with Crippen LogP contribution in [0, 0.1) is 12.1 Å². The van der Waals surface area contributed by atoms with Crippen molar-refractivity contribution in [3.05, 3.63) is 43.1 Å². The number of aromatic nitrogens is 5. The van der Waals surface area contributed by atoms with E-state index in [1.54, 1.807) is 6.07 Å². The number of aryl methyl sites for hydroxylation is 2. The maximum absolute atomic E-state index is 12.7. The topological polar surface area (TPSA) is 96.7 Å². The highest BCUT2D eigenvalue weighted by atomic mass is 32.1. The molecule has 0 saturated heterocycles. The van der Waals surface area contributed by atoms with Crippen LogP contribution in [0.2, 0.25) is 0 Å². The van der Waals surface area contributed by atoms with Crippen LogP contribution in [0.1, 0.15) is 24.6 Å². The van der Waals surface area contributed by atoms with Gasteiger partial charge < -0.3 is 5.21 Å². The second-order valence-corrected chi connectivity index (χ2v) is 6.82. The van der Waals surface area contributed by atoms with Crippen LogP contribution >= 0.6 is 11.3 Å². The number of nitrogens with zero attached hydrogens (tertiary/aromatic N) is 5. The quantitative estimate of drug-likeness (QED) is 0.516.